The molecule has 1 aromatic carbocycles. The number of piperidine rings is 1. The van der Waals surface area contributed by atoms with E-state index in [4.69, 9.17) is 0 Å². The van der Waals surface area contributed by atoms with Crippen molar-refractivity contribution in [2.75, 3.05) is 13.1 Å². The molecule has 0 unspecified atom stereocenters. The van der Waals surface area contributed by atoms with Crippen molar-refractivity contribution in [3.05, 3.63) is 53.3 Å². The van der Waals surface area contributed by atoms with E-state index in [1.54, 1.807) is 17.0 Å². The first-order valence-electron chi connectivity index (χ1n) is 9.56. The Morgan fingerprint density at radius 3 is 2.41 bits per heavy atom. The Kier molecular flexibility index (Phi) is 4.80. The Hall–Kier alpha value is -2.90. The summed E-state index contributed by atoms with van der Waals surface area (Å²) in [7, 11) is 0. The predicted molar refractivity (Wildman–Crippen MR) is 102 cm³/mol. The zero-order valence-electron chi connectivity index (χ0n) is 16.2. The molecule has 0 N–H and O–H groups in total. The average Bonchev–Trinajstić information content (AvgIpc) is 3.11. The molecule has 2 aromatic heterocycles. The normalized spacial score (nSPS) is 15.8. The molecule has 0 spiro atoms. The second-order valence-electron chi connectivity index (χ2n) is 7.66. The van der Waals surface area contributed by atoms with Crippen LogP contribution in [0.3, 0.4) is 0 Å². The van der Waals surface area contributed by atoms with Gasteiger partial charge in [-0.25, -0.2) is 9.50 Å². The summed E-state index contributed by atoms with van der Waals surface area (Å²) in [4.78, 5) is 19.1. The molecule has 1 saturated heterocycles. The summed E-state index contributed by atoms with van der Waals surface area (Å²) in [5.74, 6) is 0.208. The molecule has 0 radical (unpaired) electrons. The minimum absolute atomic E-state index is 0.0704. The van der Waals surface area contributed by atoms with Gasteiger partial charge in [-0.3, -0.25) is 4.79 Å². The zero-order valence-corrected chi connectivity index (χ0v) is 16.2. The number of benzene rings is 1. The fourth-order valence-electron chi connectivity index (χ4n) is 3.57. The molecule has 3 aromatic rings. The topological polar surface area (TPSA) is 50.5 Å². The number of rotatable bonds is 2. The molecule has 29 heavy (non-hydrogen) atoms. The fourth-order valence-corrected chi connectivity index (χ4v) is 3.57. The molecule has 8 heteroatoms. The first-order chi connectivity index (χ1) is 13.7. The molecule has 0 atom stereocenters. The average molecular weight is 402 g/mol. The smallest absolute Gasteiger partial charge is 0.338 e. The highest BCUT2D eigenvalue weighted by Gasteiger charge is 2.36. The number of likely N-dealkylation sites (tertiary alicyclic amines) is 1. The number of hydrogen-bond acceptors (Lipinski definition) is 3. The van der Waals surface area contributed by atoms with E-state index < -0.39 is 11.9 Å². The number of amides is 1. The van der Waals surface area contributed by atoms with Gasteiger partial charge in [0.15, 0.2) is 11.3 Å². The van der Waals surface area contributed by atoms with Crippen LogP contribution < -0.4 is 0 Å². The van der Waals surface area contributed by atoms with Crippen LogP contribution in [0.4, 0.5) is 13.2 Å². The van der Waals surface area contributed by atoms with Crippen LogP contribution in [-0.2, 0) is 6.18 Å². The predicted octanol–water partition coefficient (Wildman–Crippen LogP) is 4.60. The van der Waals surface area contributed by atoms with Gasteiger partial charge in [0.2, 0.25) is 0 Å². The van der Waals surface area contributed by atoms with E-state index in [1.807, 2.05) is 19.1 Å². The number of carbonyl (C=O) groups excluding carboxylic acids is 1. The van der Waals surface area contributed by atoms with E-state index >= 15 is 0 Å². The molecule has 0 bridgehead atoms. The molecule has 3 heterocycles. The van der Waals surface area contributed by atoms with Crippen LogP contribution in [0.25, 0.3) is 16.9 Å². The minimum Gasteiger partial charge on any atom is -0.338 e. The largest absolute Gasteiger partial charge is 0.433 e. The summed E-state index contributed by atoms with van der Waals surface area (Å²) < 4.78 is 41.8. The Morgan fingerprint density at radius 2 is 1.79 bits per heavy atom. The molecule has 4 rings (SSSR count). The van der Waals surface area contributed by atoms with Crippen molar-refractivity contribution >= 4 is 11.6 Å². The number of alkyl halides is 3. The molecule has 5 nitrogen and oxygen atoms in total. The van der Waals surface area contributed by atoms with E-state index in [-0.39, 0.29) is 22.8 Å². The number of halogens is 3. The summed E-state index contributed by atoms with van der Waals surface area (Å²) in [5, 5.41) is 3.85. The Bertz CT molecular complexity index is 1050. The third-order valence-corrected chi connectivity index (χ3v) is 5.41. The summed E-state index contributed by atoms with van der Waals surface area (Å²) in [5.41, 5.74) is 0.773. The van der Waals surface area contributed by atoms with Crippen LogP contribution in [0, 0.1) is 12.8 Å². The van der Waals surface area contributed by atoms with Gasteiger partial charge in [0, 0.05) is 18.7 Å². The molecule has 1 fully saturated rings. The molecule has 0 saturated carbocycles. The highest BCUT2D eigenvalue weighted by Crippen LogP contribution is 2.33. The van der Waals surface area contributed by atoms with E-state index in [2.05, 4.69) is 17.0 Å². The first kappa shape index (κ1) is 19.4. The number of carbonyl (C=O) groups is 1. The minimum atomic E-state index is -4.63. The molecule has 0 aliphatic carbocycles. The lowest BCUT2D eigenvalue weighted by Crippen LogP contribution is -2.37. The van der Waals surface area contributed by atoms with Crippen LogP contribution in [-0.4, -0.2) is 38.5 Å². The first-order valence-corrected chi connectivity index (χ1v) is 9.56. The van der Waals surface area contributed by atoms with E-state index in [0.29, 0.717) is 24.6 Å². The van der Waals surface area contributed by atoms with E-state index in [1.165, 1.54) is 6.20 Å². The lowest BCUT2D eigenvalue weighted by molar-refractivity contribution is -0.142. The van der Waals surface area contributed by atoms with E-state index in [9.17, 15) is 18.0 Å². The van der Waals surface area contributed by atoms with Gasteiger partial charge in [0.25, 0.3) is 5.91 Å². The third kappa shape index (κ3) is 3.71. The summed E-state index contributed by atoms with van der Waals surface area (Å²) in [6, 6.07) is 8.04. The van der Waals surface area contributed by atoms with Crippen LogP contribution >= 0.6 is 0 Å². The molecule has 1 aliphatic heterocycles. The van der Waals surface area contributed by atoms with Crippen LogP contribution in [0.1, 0.15) is 41.4 Å². The standard InChI is InChI=1S/C21H21F3N4O/c1-13-3-5-15(6-4-13)17-11-18(21(22,23)24)28-19(26-17)16(12-25-28)20(29)27-9-7-14(2)8-10-27/h3-6,11-12,14H,7-10H2,1-2H3. The SMILES string of the molecule is Cc1ccc(-c2cc(C(F)(F)F)n3ncc(C(=O)N4CCC(C)CC4)c3n2)cc1. The molecular formula is C21H21F3N4O. The summed E-state index contributed by atoms with van der Waals surface area (Å²) in [6.07, 6.45) is -1.69. The maximum absolute atomic E-state index is 13.7. The van der Waals surface area contributed by atoms with Gasteiger partial charge in [0.1, 0.15) is 5.56 Å². The van der Waals surface area contributed by atoms with Crippen LogP contribution in [0.5, 0.6) is 0 Å². The van der Waals surface area contributed by atoms with Crippen molar-refractivity contribution in [1.29, 1.82) is 0 Å². The number of hydrogen-bond donors (Lipinski definition) is 0. The maximum Gasteiger partial charge on any atom is 0.433 e. The molecular weight excluding hydrogens is 381 g/mol. The van der Waals surface area contributed by atoms with Crippen LogP contribution in [0.2, 0.25) is 0 Å². The summed E-state index contributed by atoms with van der Waals surface area (Å²) >= 11 is 0. The number of aromatic nitrogens is 3. The van der Waals surface area contributed by atoms with Crippen molar-refractivity contribution in [3.63, 3.8) is 0 Å². The highest BCUT2D eigenvalue weighted by molar-refractivity contribution is 6.00. The van der Waals surface area contributed by atoms with Gasteiger partial charge >= 0.3 is 6.18 Å². The number of aryl methyl sites for hydroxylation is 1. The van der Waals surface area contributed by atoms with Gasteiger partial charge in [-0.05, 0) is 31.7 Å². The Morgan fingerprint density at radius 1 is 1.14 bits per heavy atom. The Balaban J connectivity index is 1.84. The van der Waals surface area contributed by atoms with Gasteiger partial charge in [-0.1, -0.05) is 36.8 Å². The van der Waals surface area contributed by atoms with Crippen molar-refractivity contribution in [1.82, 2.24) is 19.5 Å². The monoisotopic (exact) mass is 402 g/mol. The zero-order chi connectivity index (χ0) is 20.8. The van der Waals surface area contributed by atoms with Crippen molar-refractivity contribution in [2.45, 2.75) is 32.9 Å². The molecule has 1 aliphatic rings. The highest BCUT2D eigenvalue weighted by atomic mass is 19.4. The van der Waals surface area contributed by atoms with Gasteiger partial charge in [-0.2, -0.15) is 18.3 Å². The quantitative estimate of drug-likeness (QED) is 0.630. The summed E-state index contributed by atoms with van der Waals surface area (Å²) in [6.45, 7) is 5.19. The van der Waals surface area contributed by atoms with Crippen molar-refractivity contribution in [2.24, 2.45) is 5.92 Å². The van der Waals surface area contributed by atoms with Gasteiger partial charge in [-0.15, -0.1) is 0 Å². The van der Waals surface area contributed by atoms with E-state index in [0.717, 1.165) is 29.0 Å². The number of nitrogens with zero attached hydrogens (tertiary/aromatic N) is 4. The van der Waals surface area contributed by atoms with Crippen LogP contribution in [0.15, 0.2) is 36.5 Å². The maximum atomic E-state index is 13.7. The second-order valence-corrected chi connectivity index (χ2v) is 7.66. The Labute approximate surface area is 166 Å². The fraction of sp³-hybridized carbons (Fsp3) is 0.381. The molecule has 152 valence electrons. The lowest BCUT2D eigenvalue weighted by Gasteiger charge is -2.30. The van der Waals surface area contributed by atoms with Gasteiger partial charge < -0.3 is 4.90 Å². The lowest BCUT2D eigenvalue weighted by atomic mass is 9.99. The molecule has 1 amide bonds. The third-order valence-electron chi connectivity index (χ3n) is 5.41. The second kappa shape index (κ2) is 7.17. The van der Waals surface area contributed by atoms with Gasteiger partial charge in [0.05, 0.1) is 11.9 Å². The van der Waals surface area contributed by atoms with Crippen molar-refractivity contribution in [3.8, 4) is 11.3 Å². The van der Waals surface area contributed by atoms with Crippen molar-refractivity contribution < 1.29 is 18.0 Å². The number of fused-ring (bicyclic) bond motifs is 1.